The molecule has 0 radical (unpaired) electrons. The molecule has 1 aromatic carbocycles. The highest BCUT2D eigenvalue weighted by molar-refractivity contribution is 6.05. The van der Waals surface area contributed by atoms with Crippen LogP contribution in [-0.2, 0) is 0 Å². The van der Waals surface area contributed by atoms with Crippen LogP contribution in [0.5, 0.6) is 0 Å². The van der Waals surface area contributed by atoms with E-state index < -0.39 is 0 Å². The summed E-state index contributed by atoms with van der Waals surface area (Å²) in [4.78, 5) is 12.0. The standard InChI is InChI=1S/C12H14N4O/c1-7-6-11(16-15-7)14-12(17)9-4-3-5-10(13)8(9)2/h3-6H,13H2,1-2H3,(H2,14,15,16,17). The van der Waals surface area contributed by atoms with Gasteiger partial charge in [0.15, 0.2) is 5.82 Å². The highest BCUT2D eigenvalue weighted by Gasteiger charge is 2.11. The third-order valence-electron chi connectivity index (χ3n) is 2.57. The SMILES string of the molecule is Cc1cc(NC(=O)c2cccc(N)c2C)n[nH]1. The topological polar surface area (TPSA) is 83.8 Å². The largest absolute Gasteiger partial charge is 0.398 e. The van der Waals surface area contributed by atoms with Crippen LogP contribution < -0.4 is 11.1 Å². The van der Waals surface area contributed by atoms with Gasteiger partial charge in [0.1, 0.15) is 0 Å². The van der Waals surface area contributed by atoms with Gasteiger partial charge in [-0.3, -0.25) is 9.89 Å². The average molecular weight is 230 g/mol. The first-order valence-electron chi connectivity index (χ1n) is 5.26. The summed E-state index contributed by atoms with van der Waals surface area (Å²) in [6.07, 6.45) is 0. The summed E-state index contributed by atoms with van der Waals surface area (Å²) < 4.78 is 0. The highest BCUT2D eigenvalue weighted by atomic mass is 16.1. The van der Waals surface area contributed by atoms with Crippen molar-refractivity contribution in [3.63, 3.8) is 0 Å². The molecule has 4 N–H and O–H groups in total. The molecule has 1 heterocycles. The summed E-state index contributed by atoms with van der Waals surface area (Å²) in [5, 5.41) is 9.42. The van der Waals surface area contributed by atoms with Gasteiger partial charge in [0.2, 0.25) is 0 Å². The Morgan fingerprint density at radius 3 is 2.82 bits per heavy atom. The number of aryl methyl sites for hydroxylation is 1. The summed E-state index contributed by atoms with van der Waals surface area (Å²) in [5.74, 6) is 0.302. The molecule has 0 bridgehead atoms. The average Bonchev–Trinajstić information content (AvgIpc) is 2.68. The minimum atomic E-state index is -0.207. The number of hydrogen-bond acceptors (Lipinski definition) is 3. The Bertz CT molecular complexity index is 559. The Balaban J connectivity index is 2.23. The third kappa shape index (κ3) is 2.28. The van der Waals surface area contributed by atoms with Crippen LogP contribution >= 0.6 is 0 Å². The number of aromatic amines is 1. The quantitative estimate of drug-likeness (QED) is 0.688. The van der Waals surface area contributed by atoms with Gasteiger partial charge in [0.05, 0.1) is 0 Å². The Hall–Kier alpha value is -2.30. The molecule has 5 nitrogen and oxygen atoms in total. The minimum absolute atomic E-state index is 0.207. The van der Waals surface area contributed by atoms with Crippen LogP contribution in [0.3, 0.4) is 0 Å². The van der Waals surface area contributed by atoms with Crippen LogP contribution in [-0.4, -0.2) is 16.1 Å². The highest BCUT2D eigenvalue weighted by Crippen LogP contribution is 2.16. The molecule has 17 heavy (non-hydrogen) atoms. The number of anilines is 2. The maximum Gasteiger partial charge on any atom is 0.257 e. The zero-order valence-corrected chi connectivity index (χ0v) is 9.74. The van der Waals surface area contributed by atoms with E-state index in [2.05, 4.69) is 15.5 Å². The van der Waals surface area contributed by atoms with E-state index in [0.717, 1.165) is 11.3 Å². The van der Waals surface area contributed by atoms with Crippen molar-refractivity contribution in [2.75, 3.05) is 11.1 Å². The van der Waals surface area contributed by atoms with Gasteiger partial charge < -0.3 is 11.1 Å². The van der Waals surface area contributed by atoms with Gasteiger partial charge >= 0.3 is 0 Å². The van der Waals surface area contributed by atoms with Crippen molar-refractivity contribution in [1.29, 1.82) is 0 Å². The molecule has 2 aromatic rings. The van der Waals surface area contributed by atoms with Crippen molar-refractivity contribution in [2.45, 2.75) is 13.8 Å². The fourth-order valence-corrected chi connectivity index (χ4v) is 1.57. The fraction of sp³-hybridized carbons (Fsp3) is 0.167. The van der Waals surface area contributed by atoms with Gasteiger partial charge in [-0.2, -0.15) is 5.10 Å². The zero-order chi connectivity index (χ0) is 12.4. The van der Waals surface area contributed by atoms with Crippen molar-refractivity contribution in [2.24, 2.45) is 0 Å². The first kappa shape index (κ1) is 11.2. The number of nitrogens with one attached hydrogen (secondary N) is 2. The van der Waals surface area contributed by atoms with Crippen molar-refractivity contribution in [3.8, 4) is 0 Å². The number of nitrogen functional groups attached to an aromatic ring is 1. The fourth-order valence-electron chi connectivity index (χ4n) is 1.57. The molecule has 1 aromatic heterocycles. The Labute approximate surface area is 99.0 Å². The van der Waals surface area contributed by atoms with Crippen LogP contribution in [0.4, 0.5) is 11.5 Å². The number of nitrogens with zero attached hydrogens (tertiary/aromatic N) is 1. The van der Waals surface area contributed by atoms with Gasteiger partial charge in [0.25, 0.3) is 5.91 Å². The number of benzene rings is 1. The summed E-state index contributed by atoms with van der Waals surface area (Å²) in [6, 6.07) is 7.03. The number of hydrogen-bond donors (Lipinski definition) is 3. The number of carbonyl (C=O) groups is 1. The summed E-state index contributed by atoms with van der Waals surface area (Å²) >= 11 is 0. The Morgan fingerprint density at radius 2 is 2.18 bits per heavy atom. The number of carbonyl (C=O) groups excluding carboxylic acids is 1. The molecular weight excluding hydrogens is 216 g/mol. The number of rotatable bonds is 2. The van der Waals surface area contributed by atoms with Crippen LogP contribution in [0, 0.1) is 13.8 Å². The Morgan fingerprint density at radius 1 is 1.41 bits per heavy atom. The summed E-state index contributed by atoms with van der Waals surface area (Å²) in [7, 11) is 0. The van der Waals surface area contributed by atoms with Crippen molar-refractivity contribution in [3.05, 3.63) is 41.1 Å². The lowest BCUT2D eigenvalue weighted by Crippen LogP contribution is -2.14. The van der Waals surface area contributed by atoms with E-state index in [9.17, 15) is 4.79 Å². The van der Waals surface area contributed by atoms with Crippen LogP contribution in [0.25, 0.3) is 0 Å². The molecule has 0 fully saturated rings. The molecule has 0 unspecified atom stereocenters. The maximum atomic E-state index is 12.0. The maximum absolute atomic E-state index is 12.0. The monoisotopic (exact) mass is 230 g/mol. The lowest BCUT2D eigenvalue weighted by atomic mass is 10.1. The predicted molar refractivity (Wildman–Crippen MR) is 66.9 cm³/mol. The van der Waals surface area contributed by atoms with Gasteiger partial charge in [-0.25, -0.2) is 0 Å². The van der Waals surface area contributed by atoms with Gasteiger partial charge in [-0.1, -0.05) is 6.07 Å². The molecule has 0 aliphatic rings. The van der Waals surface area contributed by atoms with E-state index in [1.807, 2.05) is 13.8 Å². The zero-order valence-electron chi connectivity index (χ0n) is 9.74. The van der Waals surface area contributed by atoms with Crippen LogP contribution in [0.2, 0.25) is 0 Å². The van der Waals surface area contributed by atoms with Crippen molar-refractivity contribution >= 4 is 17.4 Å². The van der Waals surface area contributed by atoms with Gasteiger partial charge in [0, 0.05) is 23.0 Å². The van der Waals surface area contributed by atoms with E-state index in [-0.39, 0.29) is 5.91 Å². The second-order valence-electron chi connectivity index (χ2n) is 3.91. The lowest BCUT2D eigenvalue weighted by molar-refractivity contribution is 0.102. The minimum Gasteiger partial charge on any atom is -0.398 e. The van der Waals surface area contributed by atoms with Crippen LogP contribution in [0.1, 0.15) is 21.6 Å². The second-order valence-corrected chi connectivity index (χ2v) is 3.91. The summed E-state index contributed by atoms with van der Waals surface area (Å²) in [5.41, 5.74) is 8.59. The molecule has 88 valence electrons. The van der Waals surface area contributed by atoms with Crippen molar-refractivity contribution in [1.82, 2.24) is 10.2 Å². The van der Waals surface area contributed by atoms with Crippen molar-refractivity contribution < 1.29 is 4.79 Å². The number of aromatic nitrogens is 2. The van der Waals surface area contributed by atoms with Crippen LogP contribution in [0.15, 0.2) is 24.3 Å². The molecule has 0 saturated heterocycles. The Kier molecular flexibility index (Phi) is 2.82. The molecule has 0 aliphatic heterocycles. The number of H-pyrrole nitrogens is 1. The van der Waals surface area contributed by atoms with E-state index in [1.54, 1.807) is 24.3 Å². The van der Waals surface area contributed by atoms with Gasteiger partial charge in [-0.15, -0.1) is 0 Å². The first-order chi connectivity index (χ1) is 8.08. The van der Waals surface area contributed by atoms with E-state index in [0.29, 0.717) is 17.1 Å². The number of nitrogens with two attached hydrogens (primary N) is 1. The second kappa shape index (κ2) is 4.29. The van der Waals surface area contributed by atoms with Gasteiger partial charge in [-0.05, 0) is 31.5 Å². The smallest absolute Gasteiger partial charge is 0.257 e. The third-order valence-corrected chi connectivity index (χ3v) is 2.57. The molecule has 0 spiro atoms. The molecular formula is C12H14N4O. The molecule has 5 heteroatoms. The van der Waals surface area contributed by atoms with E-state index in [4.69, 9.17) is 5.73 Å². The molecule has 0 atom stereocenters. The molecule has 0 aliphatic carbocycles. The molecule has 0 saturated carbocycles. The predicted octanol–water partition coefficient (Wildman–Crippen LogP) is 1.86. The van der Waals surface area contributed by atoms with E-state index >= 15 is 0 Å². The van der Waals surface area contributed by atoms with E-state index in [1.165, 1.54) is 0 Å². The molecule has 2 rings (SSSR count). The lowest BCUT2D eigenvalue weighted by Gasteiger charge is -2.07. The number of amides is 1. The summed E-state index contributed by atoms with van der Waals surface area (Å²) in [6.45, 7) is 3.69. The first-order valence-corrected chi connectivity index (χ1v) is 5.26. The normalized spacial score (nSPS) is 10.2. The molecule has 1 amide bonds.